The molecule has 0 aliphatic rings. The van der Waals surface area contributed by atoms with Gasteiger partial charge in [0.05, 0.1) is 46.4 Å². The monoisotopic (exact) mass is 2050 g/mol. The lowest BCUT2D eigenvalue weighted by Crippen LogP contribution is -2.75. The molecule has 0 aliphatic carbocycles. The second kappa shape index (κ2) is 34.3. The number of aromatic nitrogens is 2. The molecule has 0 bridgehead atoms. The van der Waals surface area contributed by atoms with Gasteiger partial charge < -0.3 is 0 Å². The van der Waals surface area contributed by atoms with E-state index in [9.17, 15) is 193 Å². The van der Waals surface area contributed by atoms with E-state index in [2.05, 4.69) is 16.1 Å². The van der Waals surface area contributed by atoms with Gasteiger partial charge in [-0.3, -0.25) is 0 Å². The summed E-state index contributed by atoms with van der Waals surface area (Å²) < 4.78 is 741. The average Bonchev–Trinajstić information content (AvgIpc) is 0.753. The second-order valence-electron chi connectivity index (χ2n) is 33.0. The predicted molar refractivity (Wildman–Crippen MR) is 371 cm³/mol. The van der Waals surface area contributed by atoms with Crippen molar-refractivity contribution in [3.05, 3.63) is 115 Å². The van der Waals surface area contributed by atoms with Gasteiger partial charge in [-0.25, -0.2) is 9.13 Å². The lowest BCUT2D eigenvalue weighted by atomic mass is 9.13. The molecule has 129 heavy (non-hydrogen) atoms. The highest BCUT2D eigenvalue weighted by molar-refractivity contribution is 7.20. The summed E-state index contributed by atoms with van der Waals surface area (Å²) in [7, 11) is -13.4. The Labute approximate surface area is 698 Å². The molecule has 0 spiro atoms. The molecule has 0 amide bonds. The minimum Gasteiger partial charge on any atom is -0.237 e. The molecule has 0 N–H and O–H groups in total. The van der Waals surface area contributed by atoms with Crippen LogP contribution in [0, 0.1) is 6.92 Å². The van der Waals surface area contributed by atoms with E-state index in [0.29, 0.717) is 0 Å². The van der Waals surface area contributed by atoms with E-state index in [4.69, 9.17) is 0 Å². The van der Waals surface area contributed by atoms with Crippen LogP contribution >= 0.6 is 0 Å². The van der Waals surface area contributed by atoms with Crippen molar-refractivity contribution in [1.29, 1.82) is 0 Å². The van der Waals surface area contributed by atoms with Crippen LogP contribution in [0.15, 0.2) is 109 Å². The number of benzene rings is 4. The Balaban J connectivity index is 0.00000411. The van der Waals surface area contributed by atoms with Gasteiger partial charge in [-0.1, -0.05) is 170 Å². The highest BCUT2D eigenvalue weighted by Crippen LogP contribution is 2.66. The molecule has 740 valence electrons. The Morgan fingerprint density at radius 3 is 0.481 bits per heavy atom. The molecule has 0 unspecified atom stereocenters. The van der Waals surface area contributed by atoms with Crippen LogP contribution in [-0.4, -0.2) is 186 Å². The van der Waals surface area contributed by atoms with Crippen LogP contribution in [0.4, 0.5) is 228 Å². The summed E-state index contributed by atoms with van der Waals surface area (Å²) in [5, 5.41) is -1.93. The first-order valence-corrected chi connectivity index (χ1v) is 48.6. The average molecular weight is 2050 g/mol. The first-order valence-electron chi connectivity index (χ1n) is 35.8. The minimum absolute atomic E-state index is 0.483. The minimum atomic E-state index is -8.39. The van der Waals surface area contributed by atoms with Crippen molar-refractivity contribution in [3.63, 3.8) is 0 Å². The normalized spacial score (nSPS) is 15.7. The van der Waals surface area contributed by atoms with Gasteiger partial charge in [0, 0.05) is 32.6 Å². The number of halogens is 52. The van der Waals surface area contributed by atoms with Crippen LogP contribution in [0.25, 0.3) is 0 Å². The summed E-state index contributed by atoms with van der Waals surface area (Å²) in [6.45, 7) is 8.61. The van der Waals surface area contributed by atoms with Crippen LogP contribution in [0.5, 0.6) is 0 Å². The fourth-order valence-corrected chi connectivity index (χ4v) is 22.2. The first kappa shape index (κ1) is 115. The van der Waals surface area contributed by atoms with E-state index in [-0.39, 0.29) is 0 Å². The molecule has 0 atom stereocenters. The van der Waals surface area contributed by atoms with Crippen LogP contribution in [0.2, 0.25) is 76.6 Å². The number of aryl methyl sites for hydroxylation is 2. The molecule has 0 saturated heterocycles. The Kier molecular flexibility index (Phi) is 30.5. The van der Waals surface area contributed by atoms with E-state index in [1.165, 1.54) is 5.82 Å². The molecular formula is C70H67BF52N2Si4. The molecule has 59 heteroatoms. The summed E-state index contributed by atoms with van der Waals surface area (Å²) in [6, 6.07) is 5.43. The maximum Gasteiger partial charge on any atom is 0.460 e. The van der Waals surface area contributed by atoms with Crippen molar-refractivity contribution < 1.29 is 233 Å². The van der Waals surface area contributed by atoms with Crippen LogP contribution in [0.3, 0.4) is 0 Å². The number of hydrogen-bond donors (Lipinski definition) is 0. The molecule has 5 aromatic rings. The molecule has 4 aromatic carbocycles. The van der Waals surface area contributed by atoms with Gasteiger partial charge in [0.2, 0.25) is 0 Å². The molecule has 1 aromatic heterocycles. The van der Waals surface area contributed by atoms with Crippen molar-refractivity contribution in [2.45, 2.75) is 252 Å². The smallest absolute Gasteiger partial charge is 0.237 e. The highest BCUT2D eigenvalue weighted by Gasteiger charge is 2.95. The zero-order valence-corrected chi connectivity index (χ0v) is 70.7. The Morgan fingerprint density at radius 1 is 0.233 bits per heavy atom. The van der Waals surface area contributed by atoms with Gasteiger partial charge in [0.1, 0.15) is 18.5 Å². The fraction of sp³-hybridized carbons (Fsp3) is 0.614. The quantitative estimate of drug-likeness (QED) is 0.0215. The summed E-state index contributed by atoms with van der Waals surface area (Å²) in [5.41, 5.74) is -2.01. The highest BCUT2D eigenvalue weighted by atomic mass is 28.3. The topological polar surface area (TPSA) is 8.81 Å². The van der Waals surface area contributed by atoms with Gasteiger partial charge in [0.25, 0.3) is 5.82 Å². The van der Waals surface area contributed by atoms with Gasteiger partial charge in [0.15, 0.2) is 0 Å². The van der Waals surface area contributed by atoms with Crippen molar-refractivity contribution in [2.24, 2.45) is 14.1 Å². The number of rotatable bonds is 36. The first-order chi connectivity index (χ1) is 56.4. The Morgan fingerprint density at radius 2 is 0.372 bits per heavy atom. The van der Waals surface area contributed by atoms with Crippen LogP contribution < -0.4 is 47.2 Å². The van der Waals surface area contributed by atoms with Gasteiger partial charge in [-0.05, 0) is 24.2 Å². The molecule has 0 aliphatic heterocycles. The predicted octanol–water partition coefficient (Wildman–Crippen LogP) is 23.4. The molecule has 0 fully saturated rings. The maximum atomic E-state index is 15.4. The summed E-state index contributed by atoms with van der Waals surface area (Å²) in [6.07, 6.45) is -42.5. The third kappa shape index (κ3) is 18.9. The van der Waals surface area contributed by atoms with Gasteiger partial charge >= 0.3 is 143 Å². The third-order valence-electron chi connectivity index (χ3n) is 22.6. The van der Waals surface area contributed by atoms with Crippen molar-refractivity contribution in [2.75, 3.05) is 0 Å². The fourth-order valence-electron chi connectivity index (χ4n) is 13.0. The molecule has 0 saturated carbocycles. The molecule has 5 rings (SSSR count). The molecule has 0 radical (unpaired) electrons. The number of imidazole rings is 1. The lowest BCUT2D eigenvalue weighted by Gasteiger charge is -2.45. The van der Waals surface area contributed by atoms with Crippen LogP contribution in [-0.2, 0) is 14.1 Å². The van der Waals surface area contributed by atoms with E-state index in [1.807, 2.05) is 26.5 Å². The zero-order valence-electron chi connectivity index (χ0n) is 66.7. The van der Waals surface area contributed by atoms with Gasteiger partial charge in [-0.15, -0.1) is 0 Å². The zero-order chi connectivity index (χ0) is 102. The van der Waals surface area contributed by atoms with Gasteiger partial charge in [-0.2, -0.15) is 250 Å². The SMILES string of the molecule is C[Si](C)(CCC(F)(F)C(F)(F)C(F)(F)C(F)(F)C(F)(F)C(F)(F)F)c1ccc([B-](c2ccc([Si](C)(C)CCC(F)(F)C(F)(F)C(F)(F)C(F)(F)C(F)(F)C(F)(F)F)cc2)(c2ccc([Si](C)(C)CCC(F)(F)C(F)(F)C(F)(F)C(F)(F)C(F)(F)C(F)(F)F)cc2)c2ccc([Si](C)(C)CCC(F)(F)C(F)(F)C(F)(F)C(F)(F)C(F)(F)C(F)(F)F)cc2)cc1.Cc1n(C)cc[n+]1C. The maximum absolute atomic E-state index is 15.4. The Bertz CT molecular complexity index is 4090. The number of hydrogen-bond acceptors (Lipinski definition) is 0. The number of nitrogens with zero attached hydrogens (tertiary/aromatic N) is 2. The molecule has 2 nitrogen and oxygen atoms in total. The lowest BCUT2D eigenvalue weighted by molar-refractivity contribution is -0.677. The van der Waals surface area contributed by atoms with Crippen molar-refractivity contribution in [3.8, 4) is 0 Å². The van der Waals surface area contributed by atoms with E-state index in [1.54, 1.807) is 0 Å². The van der Waals surface area contributed by atoms with Crippen molar-refractivity contribution in [1.82, 2.24) is 4.57 Å². The van der Waals surface area contributed by atoms with Crippen LogP contribution in [0.1, 0.15) is 31.5 Å². The summed E-state index contributed by atoms with van der Waals surface area (Å²) >= 11 is 0. The number of alkyl halides is 52. The second-order valence-corrected chi connectivity index (χ2v) is 52.3. The standard InChI is InChI=1S/C64H56BF52Si4.C6H11N2/c1-118(2,29-25-41(66,67)45(74,75)49(82,83)53(90,91)57(98,99)61(106,107)108)37-17-9-33(10-18-37)65(34-11-19-38(20-12-34)119(3,4)30-26-42(68,69)46(76,77)50(84,85)54(92,93)58(100,101)62(109,110)111,35-13-21-39(22-14-35)120(5,6)31-27-43(70,71)47(78,79)51(86,87)55(94,95)59(102,103)63(112,113)114)36-15-23-40(24-16-36)121(7,8)32-28-44(72,73)48(80,81)52(88,89)56(96,97)60(104,105)64(115,116)117;1-6-7(2)4-5-8(6)3/h9-24H,25-32H2,1-8H3;4-5H,1-3H3/q-1;+1. The molecular weight excluding hydrogens is 1980 g/mol. The largest absolute Gasteiger partial charge is 0.460 e. The Hall–Kier alpha value is -6.62. The van der Waals surface area contributed by atoms with Crippen molar-refractivity contribution >= 4 is 81.0 Å². The van der Waals surface area contributed by atoms with E-state index < -0.39 is 274 Å². The van der Waals surface area contributed by atoms with E-state index in [0.717, 1.165) is 149 Å². The third-order valence-corrected chi connectivity index (χ3v) is 36.1. The van der Waals surface area contributed by atoms with E-state index >= 15 is 35.1 Å². The summed E-state index contributed by atoms with van der Waals surface area (Å²) in [5.74, 6) is -157. The summed E-state index contributed by atoms with van der Waals surface area (Å²) in [4.78, 5) is 0. The molecule has 1 heterocycles.